The smallest absolute Gasteiger partial charge is 0.233 e. The Morgan fingerprint density at radius 2 is 1.86 bits per heavy atom. The van der Waals surface area contributed by atoms with Gasteiger partial charge in [-0.25, -0.2) is 0 Å². The molecule has 0 aromatic heterocycles. The van der Waals surface area contributed by atoms with E-state index < -0.39 is 0 Å². The van der Waals surface area contributed by atoms with E-state index >= 15 is 0 Å². The highest BCUT2D eigenvalue weighted by atomic mass is 16.2. The van der Waals surface area contributed by atoms with Crippen LogP contribution in [0.1, 0.15) is 39.2 Å². The third kappa shape index (κ3) is 3.46. The molecule has 1 saturated heterocycles. The van der Waals surface area contributed by atoms with Crippen molar-refractivity contribution in [2.45, 2.75) is 39.0 Å². The summed E-state index contributed by atoms with van der Waals surface area (Å²) in [5, 5.41) is 3.39. The molecule has 0 bridgehead atoms. The van der Waals surface area contributed by atoms with Gasteiger partial charge in [0.25, 0.3) is 0 Å². The standard InChI is InChI=1S/C18H28N2O/c1-4-20(14-15(2)3)17(21)18(10-12-19-13-11-18)16-8-6-5-7-9-16/h5-9,15,19H,4,10-14H2,1-3H3. The minimum absolute atomic E-state index is 0.311. The van der Waals surface area contributed by atoms with Gasteiger partial charge in [-0.3, -0.25) is 4.79 Å². The second-order valence-corrected chi connectivity index (χ2v) is 6.44. The molecule has 0 atom stereocenters. The summed E-state index contributed by atoms with van der Waals surface area (Å²) in [6, 6.07) is 10.4. The maximum atomic E-state index is 13.3. The number of carbonyl (C=O) groups is 1. The van der Waals surface area contributed by atoms with E-state index in [-0.39, 0.29) is 5.41 Å². The molecule has 1 heterocycles. The molecule has 1 amide bonds. The highest BCUT2D eigenvalue weighted by molar-refractivity contribution is 5.88. The zero-order chi connectivity index (χ0) is 15.3. The van der Waals surface area contributed by atoms with Gasteiger partial charge in [0.1, 0.15) is 0 Å². The minimum Gasteiger partial charge on any atom is -0.342 e. The first-order chi connectivity index (χ1) is 10.1. The number of carbonyl (C=O) groups excluding carboxylic acids is 1. The van der Waals surface area contributed by atoms with Gasteiger partial charge in [-0.15, -0.1) is 0 Å². The van der Waals surface area contributed by atoms with Gasteiger partial charge in [-0.1, -0.05) is 44.2 Å². The van der Waals surface area contributed by atoms with Gasteiger partial charge in [0.15, 0.2) is 0 Å². The van der Waals surface area contributed by atoms with Gasteiger partial charge in [-0.05, 0) is 44.3 Å². The second kappa shape index (κ2) is 7.08. The monoisotopic (exact) mass is 288 g/mol. The molecular formula is C18H28N2O. The first-order valence-electron chi connectivity index (χ1n) is 8.16. The Kier molecular flexibility index (Phi) is 5.40. The van der Waals surface area contributed by atoms with E-state index in [1.807, 2.05) is 23.1 Å². The van der Waals surface area contributed by atoms with Crippen molar-refractivity contribution in [3.63, 3.8) is 0 Å². The van der Waals surface area contributed by atoms with E-state index in [9.17, 15) is 4.79 Å². The molecule has 3 heteroatoms. The molecule has 0 unspecified atom stereocenters. The van der Waals surface area contributed by atoms with Crippen molar-refractivity contribution >= 4 is 5.91 Å². The molecule has 0 aliphatic carbocycles. The van der Waals surface area contributed by atoms with Crippen LogP contribution in [0, 0.1) is 5.92 Å². The molecule has 1 N–H and O–H groups in total. The van der Waals surface area contributed by atoms with Crippen LogP contribution in [0.15, 0.2) is 30.3 Å². The Bertz CT molecular complexity index is 450. The van der Waals surface area contributed by atoms with Crippen molar-refractivity contribution in [3.05, 3.63) is 35.9 Å². The van der Waals surface area contributed by atoms with E-state index in [0.717, 1.165) is 39.0 Å². The van der Waals surface area contributed by atoms with E-state index in [1.165, 1.54) is 5.56 Å². The average molecular weight is 288 g/mol. The van der Waals surface area contributed by atoms with Crippen LogP contribution >= 0.6 is 0 Å². The Morgan fingerprint density at radius 3 is 2.38 bits per heavy atom. The highest BCUT2D eigenvalue weighted by Crippen LogP contribution is 2.35. The third-order valence-electron chi connectivity index (χ3n) is 4.45. The Balaban J connectivity index is 2.33. The van der Waals surface area contributed by atoms with Crippen LogP contribution in [0.2, 0.25) is 0 Å². The number of hydrogen-bond acceptors (Lipinski definition) is 2. The van der Waals surface area contributed by atoms with Crippen LogP contribution in [0.3, 0.4) is 0 Å². The second-order valence-electron chi connectivity index (χ2n) is 6.44. The summed E-state index contributed by atoms with van der Waals surface area (Å²) in [5.41, 5.74) is 0.843. The summed E-state index contributed by atoms with van der Waals surface area (Å²) >= 11 is 0. The summed E-state index contributed by atoms with van der Waals surface area (Å²) in [6.07, 6.45) is 1.79. The van der Waals surface area contributed by atoms with Gasteiger partial charge in [0.05, 0.1) is 5.41 Å². The summed E-state index contributed by atoms with van der Waals surface area (Å²) in [7, 11) is 0. The summed E-state index contributed by atoms with van der Waals surface area (Å²) in [4.78, 5) is 15.3. The lowest BCUT2D eigenvalue weighted by Gasteiger charge is -2.40. The number of nitrogens with zero attached hydrogens (tertiary/aromatic N) is 1. The number of amides is 1. The number of nitrogens with one attached hydrogen (secondary N) is 1. The molecule has 1 fully saturated rings. The molecule has 0 spiro atoms. The molecule has 0 radical (unpaired) electrons. The lowest BCUT2D eigenvalue weighted by Crippen LogP contribution is -2.52. The molecule has 1 aromatic carbocycles. The fourth-order valence-electron chi connectivity index (χ4n) is 3.34. The summed E-state index contributed by atoms with van der Waals surface area (Å²) in [5.74, 6) is 0.815. The van der Waals surface area contributed by atoms with E-state index in [2.05, 4.69) is 38.2 Å². The first-order valence-corrected chi connectivity index (χ1v) is 8.16. The molecule has 1 aliphatic heterocycles. The Labute approximate surface area is 128 Å². The van der Waals surface area contributed by atoms with Gasteiger partial charge < -0.3 is 10.2 Å². The largest absolute Gasteiger partial charge is 0.342 e. The quantitative estimate of drug-likeness (QED) is 0.903. The van der Waals surface area contributed by atoms with Crippen LogP contribution in [-0.4, -0.2) is 37.0 Å². The zero-order valence-electron chi connectivity index (χ0n) is 13.6. The number of hydrogen-bond donors (Lipinski definition) is 1. The lowest BCUT2D eigenvalue weighted by atomic mass is 9.72. The van der Waals surface area contributed by atoms with Crippen LogP contribution in [0.4, 0.5) is 0 Å². The van der Waals surface area contributed by atoms with Crippen molar-refractivity contribution in [1.29, 1.82) is 0 Å². The number of likely N-dealkylation sites (N-methyl/N-ethyl adjacent to an activating group) is 1. The van der Waals surface area contributed by atoms with Crippen LogP contribution in [0.25, 0.3) is 0 Å². The lowest BCUT2D eigenvalue weighted by molar-refractivity contribution is -0.139. The SMILES string of the molecule is CCN(CC(C)C)C(=O)C1(c2ccccc2)CCNCC1. The molecule has 21 heavy (non-hydrogen) atoms. The number of piperidine rings is 1. The van der Waals surface area contributed by atoms with Crippen LogP contribution in [0.5, 0.6) is 0 Å². The predicted molar refractivity (Wildman–Crippen MR) is 87.3 cm³/mol. The predicted octanol–water partition coefficient (Wildman–Crippen LogP) is 2.81. The Hall–Kier alpha value is -1.35. The molecular weight excluding hydrogens is 260 g/mol. The highest BCUT2D eigenvalue weighted by Gasteiger charge is 2.43. The maximum absolute atomic E-state index is 13.3. The Morgan fingerprint density at radius 1 is 1.24 bits per heavy atom. The third-order valence-corrected chi connectivity index (χ3v) is 4.45. The molecule has 2 rings (SSSR count). The number of rotatable bonds is 5. The fourth-order valence-corrected chi connectivity index (χ4v) is 3.34. The normalized spacial score (nSPS) is 17.7. The molecule has 0 saturated carbocycles. The van der Waals surface area contributed by atoms with E-state index in [0.29, 0.717) is 11.8 Å². The van der Waals surface area contributed by atoms with E-state index in [1.54, 1.807) is 0 Å². The van der Waals surface area contributed by atoms with Crippen molar-refractivity contribution in [2.75, 3.05) is 26.2 Å². The van der Waals surface area contributed by atoms with Crippen molar-refractivity contribution in [2.24, 2.45) is 5.92 Å². The van der Waals surface area contributed by atoms with Gasteiger partial charge >= 0.3 is 0 Å². The van der Waals surface area contributed by atoms with Crippen molar-refractivity contribution in [1.82, 2.24) is 10.2 Å². The molecule has 1 aromatic rings. The van der Waals surface area contributed by atoms with Crippen molar-refractivity contribution < 1.29 is 4.79 Å². The van der Waals surface area contributed by atoms with Crippen molar-refractivity contribution in [3.8, 4) is 0 Å². The van der Waals surface area contributed by atoms with Gasteiger partial charge in [0.2, 0.25) is 5.91 Å². The summed E-state index contributed by atoms with van der Waals surface area (Å²) in [6.45, 7) is 9.90. The van der Waals surface area contributed by atoms with Crippen LogP contribution < -0.4 is 5.32 Å². The van der Waals surface area contributed by atoms with Crippen LogP contribution in [-0.2, 0) is 10.2 Å². The zero-order valence-corrected chi connectivity index (χ0v) is 13.6. The van der Waals surface area contributed by atoms with E-state index in [4.69, 9.17) is 0 Å². The number of benzene rings is 1. The topological polar surface area (TPSA) is 32.3 Å². The first kappa shape index (κ1) is 16.0. The average Bonchev–Trinajstić information content (AvgIpc) is 2.53. The van der Waals surface area contributed by atoms with Gasteiger partial charge in [0, 0.05) is 13.1 Å². The fraction of sp³-hybridized carbons (Fsp3) is 0.611. The van der Waals surface area contributed by atoms with Gasteiger partial charge in [-0.2, -0.15) is 0 Å². The molecule has 1 aliphatic rings. The molecule has 116 valence electrons. The maximum Gasteiger partial charge on any atom is 0.233 e. The minimum atomic E-state index is -0.336. The summed E-state index contributed by atoms with van der Waals surface area (Å²) < 4.78 is 0. The molecule has 3 nitrogen and oxygen atoms in total.